The minimum absolute atomic E-state index is 0. The summed E-state index contributed by atoms with van der Waals surface area (Å²) >= 11 is 0. The number of aromatic nitrogens is 4. The zero-order valence-corrected chi connectivity index (χ0v) is 27.1. The monoisotopic (exact) mass is 757 g/mol. The van der Waals surface area contributed by atoms with Gasteiger partial charge in [0.15, 0.2) is 0 Å². The van der Waals surface area contributed by atoms with Gasteiger partial charge in [-0.3, -0.25) is 4.68 Å². The van der Waals surface area contributed by atoms with Crippen LogP contribution in [0.25, 0.3) is 44.4 Å². The van der Waals surface area contributed by atoms with Gasteiger partial charge in [0.25, 0.3) is 0 Å². The molecule has 0 aliphatic rings. The number of pyridine rings is 1. The first-order valence-electron chi connectivity index (χ1n) is 14.3. The van der Waals surface area contributed by atoms with Crippen molar-refractivity contribution in [2.45, 2.75) is 27.2 Å². The number of methoxy groups -OCH3 is 1. The van der Waals surface area contributed by atoms with Crippen molar-refractivity contribution in [1.82, 2.24) is 19.3 Å². The van der Waals surface area contributed by atoms with Gasteiger partial charge in [0, 0.05) is 41.0 Å². The van der Waals surface area contributed by atoms with E-state index in [-0.39, 0.29) is 21.1 Å². The average molecular weight is 758 g/mol. The van der Waals surface area contributed by atoms with E-state index in [0.717, 1.165) is 51.0 Å². The molecule has 0 aliphatic carbocycles. The summed E-state index contributed by atoms with van der Waals surface area (Å²) in [6.45, 7) is 6.51. The number of nitrogens with zero attached hydrogens (tertiary/aromatic N) is 4. The number of fused-ring (bicyclic) bond motifs is 3. The molecule has 3 aromatic heterocycles. The second kappa shape index (κ2) is 12.1. The van der Waals surface area contributed by atoms with Crippen LogP contribution in [0.5, 0.6) is 17.2 Å². The van der Waals surface area contributed by atoms with Crippen LogP contribution in [0.15, 0.2) is 97.5 Å². The van der Waals surface area contributed by atoms with Gasteiger partial charge in [0.2, 0.25) is 0 Å². The number of para-hydroxylation sites is 1. The fourth-order valence-electron chi connectivity index (χ4n) is 5.86. The van der Waals surface area contributed by atoms with Crippen molar-refractivity contribution in [3.63, 3.8) is 0 Å². The van der Waals surface area contributed by atoms with Gasteiger partial charge >= 0.3 is 21.1 Å². The third kappa shape index (κ3) is 5.31. The van der Waals surface area contributed by atoms with Crippen molar-refractivity contribution in [2.24, 2.45) is 0 Å². The predicted octanol–water partition coefficient (Wildman–Crippen LogP) is 8.61. The number of ether oxygens (including phenoxy) is 2. The van der Waals surface area contributed by atoms with E-state index in [4.69, 9.17) is 9.47 Å². The summed E-state index contributed by atoms with van der Waals surface area (Å²) in [4.78, 5) is 4.64. The molecule has 220 valence electrons. The van der Waals surface area contributed by atoms with Gasteiger partial charge in [-0.05, 0) is 65.7 Å². The summed E-state index contributed by atoms with van der Waals surface area (Å²) in [7, 11) is 1.66. The Kier molecular flexibility index (Phi) is 8.11. The Balaban J connectivity index is 0.00000343. The van der Waals surface area contributed by atoms with E-state index in [1.807, 2.05) is 65.6 Å². The van der Waals surface area contributed by atoms with Crippen LogP contribution < -0.4 is 9.47 Å². The molecule has 3 heterocycles. The molecule has 0 fully saturated rings. The van der Waals surface area contributed by atoms with E-state index in [2.05, 4.69) is 77.9 Å². The minimum atomic E-state index is 0. The molecule has 6 nitrogen and oxygen atoms in total. The van der Waals surface area contributed by atoms with Gasteiger partial charge in [-0.15, -0.1) is 35.7 Å². The van der Waals surface area contributed by atoms with Crippen molar-refractivity contribution in [1.29, 1.82) is 0 Å². The number of benzene rings is 4. The largest absolute Gasteiger partial charge is 2.00 e. The molecule has 0 bridgehead atoms. The summed E-state index contributed by atoms with van der Waals surface area (Å²) in [6.07, 6.45) is 6.73. The third-order valence-electron chi connectivity index (χ3n) is 7.83. The number of aryl methyl sites for hydroxylation is 3. The van der Waals surface area contributed by atoms with Gasteiger partial charge in [0.05, 0.1) is 13.3 Å². The summed E-state index contributed by atoms with van der Waals surface area (Å²) in [5.74, 6) is 2.64. The van der Waals surface area contributed by atoms with Gasteiger partial charge in [0.1, 0.15) is 11.6 Å². The summed E-state index contributed by atoms with van der Waals surface area (Å²) < 4.78 is 15.7. The smallest absolute Gasteiger partial charge is 0.509 e. The van der Waals surface area contributed by atoms with Gasteiger partial charge in [-0.25, -0.2) is 4.98 Å². The molecule has 0 saturated carbocycles. The van der Waals surface area contributed by atoms with Crippen LogP contribution in [0.3, 0.4) is 0 Å². The van der Waals surface area contributed by atoms with Crippen molar-refractivity contribution >= 4 is 21.8 Å². The summed E-state index contributed by atoms with van der Waals surface area (Å²) in [6, 6.07) is 33.2. The van der Waals surface area contributed by atoms with Crippen LogP contribution in [-0.4, -0.2) is 26.4 Å². The minimum Gasteiger partial charge on any atom is -0.509 e. The first kappa shape index (κ1) is 29.4. The molecule has 0 saturated heterocycles. The Morgan fingerprint density at radius 2 is 1.64 bits per heavy atom. The molecular formula is C37H30N4O2Pt. The van der Waals surface area contributed by atoms with Crippen molar-refractivity contribution in [3.8, 4) is 39.9 Å². The first-order chi connectivity index (χ1) is 21.0. The maximum atomic E-state index is 6.32. The Morgan fingerprint density at radius 1 is 0.841 bits per heavy atom. The van der Waals surface area contributed by atoms with E-state index in [9.17, 15) is 0 Å². The van der Waals surface area contributed by atoms with E-state index in [1.54, 1.807) is 13.3 Å². The fraction of sp³-hybridized carbons (Fsp3) is 0.135. The second-order valence-electron chi connectivity index (χ2n) is 10.6. The Bertz CT molecular complexity index is 2110. The number of hydrogen-bond donors (Lipinski definition) is 0. The molecule has 0 radical (unpaired) electrons. The molecule has 44 heavy (non-hydrogen) atoms. The van der Waals surface area contributed by atoms with Crippen LogP contribution in [-0.2, 0) is 27.5 Å². The Hall–Kier alpha value is -4.67. The van der Waals surface area contributed by atoms with Gasteiger partial charge in [-0.1, -0.05) is 42.8 Å². The number of rotatable bonds is 7. The molecular weight excluding hydrogens is 728 g/mol. The average Bonchev–Trinajstić information content (AvgIpc) is 3.64. The molecule has 0 spiro atoms. The molecule has 0 amide bonds. The van der Waals surface area contributed by atoms with Crippen LogP contribution in [0, 0.1) is 26.0 Å². The van der Waals surface area contributed by atoms with E-state index >= 15 is 0 Å². The fourth-order valence-corrected chi connectivity index (χ4v) is 5.86. The summed E-state index contributed by atoms with van der Waals surface area (Å²) in [5, 5.41) is 6.84. The van der Waals surface area contributed by atoms with E-state index in [1.165, 1.54) is 22.3 Å². The zero-order chi connectivity index (χ0) is 29.5. The molecule has 0 N–H and O–H groups in total. The van der Waals surface area contributed by atoms with Gasteiger partial charge < -0.3 is 14.0 Å². The SMILES string of the molecule is CCc1cc(C)c(-c2cnn(-c3[c-]c(Oc4[c-]c5c(cc4)c4ccccc4n5-c4cc(OC)ccn4)ccc3)c2)c(C)c1.[Pt+2]. The Morgan fingerprint density at radius 3 is 2.43 bits per heavy atom. The van der Waals surface area contributed by atoms with Crippen LogP contribution >= 0.6 is 0 Å². The van der Waals surface area contributed by atoms with Gasteiger partial charge in [-0.2, -0.15) is 17.2 Å². The van der Waals surface area contributed by atoms with Crippen LogP contribution in [0.2, 0.25) is 0 Å². The topological polar surface area (TPSA) is 54.1 Å². The number of hydrogen-bond acceptors (Lipinski definition) is 4. The van der Waals surface area contributed by atoms with E-state index < -0.39 is 0 Å². The van der Waals surface area contributed by atoms with Crippen molar-refractivity contribution in [2.75, 3.05) is 7.11 Å². The molecule has 0 atom stereocenters. The molecule has 7 heteroatoms. The van der Waals surface area contributed by atoms with Crippen LogP contribution in [0.4, 0.5) is 0 Å². The Labute approximate surface area is 271 Å². The van der Waals surface area contributed by atoms with Crippen molar-refractivity contribution < 1.29 is 30.5 Å². The van der Waals surface area contributed by atoms with Crippen molar-refractivity contribution in [3.05, 3.63) is 126 Å². The third-order valence-corrected chi connectivity index (χ3v) is 7.83. The quantitative estimate of drug-likeness (QED) is 0.153. The molecule has 0 aliphatic heterocycles. The first-order valence-corrected chi connectivity index (χ1v) is 14.3. The normalized spacial score (nSPS) is 11.1. The predicted molar refractivity (Wildman–Crippen MR) is 171 cm³/mol. The molecule has 7 rings (SSSR count). The maximum absolute atomic E-state index is 6.32. The molecule has 0 unspecified atom stereocenters. The molecule has 4 aromatic carbocycles. The molecule has 7 aromatic rings. The zero-order valence-electron chi connectivity index (χ0n) is 24.9. The standard InChI is InChI=1S/C37H30N4O2.Pt/c1-5-26-17-24(2)37(25(3)18-26)27-22-39-40(23-27)28-9-8-10-30(19-28)43-31-13-14-33-32-11-6-7-12-34(32)41(35(33)20-31)36-21-29(42-4)15-16-38-36;/h6-18,21-23H,5H2,1-4H3;/q-2;+2. The van der Waals surface area contributed by atoms with Crippen LogP contribution in [0.1, 0.15) is 23.6 Å². The maximum Gasteiger partial charge on any atom is 2.00 e. The summed E-state index contributed by atoms with van der Waals surface area (Å²) in [5.41, 5.74) is 8.85. The van der Waals surface area contributed by atoms with E-state index in [0.29, 0.717) is 11.5 Å². The second-order valence-corrected chi connectivity index (χ2v) is 10.6.